The molecule has 0 radical (unpaired) electrons. The molecule has 0 aromatic carbocycles. The monoisotopic (exact) mass is 294 g/mol. The summed E-state index contributed by atoms with van der Waals surface area (Å²) < 4.78 is 0. The summed E-state index contributed by atoms with van der Waals surface area (Å²) in [7, 11) is 0. The first-order chi connectivity index (χ1) is 9.38. The van der Waals surface area contributed by atoms with Crippen molar-refractivity contribution in [1.82, 2.24) is 10.2 Å². The molecule has 0 spiro atoms. The summed E-state index contributed by atoms with van der Waals surface area (Å²) >= 11 is 1.73. The molecule has 2 rings (SSSR count). The number of carbonyl (C=O) groups is 2. The highest BCUT2D eigenvalue weighted by atomic mass is 32.1. The first kappa shape index (κ1) is 15.0. The summed E-state index contributed by atoms with van der Waals surface area (Å²) in [6.45, 7) is 9.22. The quantitative estimate of drug-likeness (QED) is 0.929. The first-order valence-electron chi connectivity index (χ1n) is 7.02. The number of hydrogen-bond acceptors (Lipinski definition) is 3. The molecule has 1 aromatic rings. The van der Waals surface area contributed by atoms with E-state index in [0.717, 1.165) is 0 Å². The van der Waals surface area contributed by atoms with Crippen LogP contribution >= 0.6 is 11.3 Å². The summed E-state index contributed by atoms with van der Waals surface area (Å²) in [6, 6.07) is 1.74. The van der Waals surface area contributed by atoms with Gasteiger partial charge in [0, 0.05) is 22.7 Å². The van der Waals surface area contributed by atoms with Crippen molar-refractivity contribution < 1.29 is 9.59 Å². The summed E-state index contributed by atoms with van der Waals surface area (Å²) in [6.07, 6.45) is 0.387. The summed E-state index contributed by atoms with van der Waals surface area (Å²) in [5.74, 6) is 0.117. The van der Waals surface area contributed by atoms with Gasteiger partial charge in [0.2, 0.25) is 11.8 Å². The molecule has 2 heterocycles. The van der Waals surface area contributed by atoms with Crippen LogP contribution in [0.4, 0.5) is 0 Å². The smallest absolute Gasteiger partial charge is 0.245 e. The molecule has 0 aliphatic carbocycles. The van der Waals surface area contributed by atoms with Crippen molar-refractivity contribution in [2.75, 3.05) is 6.54 Å². The lowest BCUT2D eigenvalue weighted by molar-refractivity contribution is -0.135. The number of thiophene rings is 1. The Morgan fingerprint density at radius 2 is 2.10 bits per heavy atom. The number of aryl methyl sites for hydroxylation is 2. The lowest BCUT2D eigenvalue weighted by atomic mass is 10.0. The molecule has 1 fully saturated rings. The molecule has 1 aliphatic rings. The molecule has 0 saturated carbocycles. The van der Waals surface area contributed by atoms with Crippen molar-refractivity contribution in [3.8, 4) is 0 Å². The molecule has 1 aliphatic heterocycles. The highest BCUT2D eigenvalue weighted by molar-refractivity contribution is 7.12. The van der Waals surface area contributed by atoms with Crippen LogP contribution in [0.1, 0.15) is 35.6 Å². The zero-order valence-electron chi connectivity index (χ0n) is 12.5. The predicted molar refractivity (Wildman–Crippen MR) is 80.6 cm³/mol. The maximum absolute atomic E-state index is 12.5. The lowest BCUT2D eigenvalue weighted by Gasteiger charge is -2.25. The molecule has 0 bridgehead atoms. The maximum atomic E-state index is 12.5. The predicted octanol–water partition coefficient (Wildman–Crippen LogP) is 2.24. The minimum absolute atomic E-state index is 0.0295. The molecule has 1 saturated heterocycles. The fourth-order valence-electron chi connectivity index (χ4n) is 2.38. The van der Waals surface area contributed by atoms with Gasteiger partial charge in [0.1, 0.15) is 6.04 Å². The molecule has 110 valence electrons. The third-order valence-electron chi connectivity index (χ3n) is 3.73. The second-order valence-corrected chi connectivity index (χ2v) is 7.09. The van der Waals surface area contributed by atoms with E-state index in [4.69, 9.17) is 0 Å². The minimum atomic E-state index is -0.396. The van der Waals surface area contributed by atoms with Gasteiger partial charge in [-0.25, -0.2) is 0 Å². The molecule has 4 nitrogen and oxygen atoms in total. The van der Waals surface area contributed by atoms with E-state index in [2.05, 4.69) is 25.2 Å². The minimum Gasteiger partial charge on any atom is -0.344 e. The Kier molecular flexibility index (Phi) is 4.48. The van der Waals surface area contributed by atoms with E-state index in [1.807, 2.05) is 18.7 Å². The van der Waals surface area contributed by atoms with Crippen molar-refractivity contribution in [2.24, 2.45) is 5.92 Å². The summed E-state index contributed by atoms with van der Waals surface area (Å²) in [5.41, 5.74) is 1.27. The van der Waals surface area contributed by atoms with Crippen molar-refractivity contribution in [3.05, 3.63) is 21.4 Å². The van der Waals surface area contributed by atoms with Gasteiger partial charge in [-0.3, -0.25) is 9.59 Å². The molecular formula is C15H22N2O2S. The second-order valence-electron chi connectivity index (χ2n) is 5.75. The first-order valence-corrected chi connectivity index (χ1v) is 7.84. The van der Waals surface area contributed by atoms with Crippen LogP contribution in [0.25, 0.3) is 0 Å². The summed E-state index contributed by atoms with van der Waals surface area (Å²) in [4.78, 5) is 28.5. The van der Waals surface area contributed by atoms with Crippen LogP contribution < -0.4 is 5.32 Å². The van der Waals surface area contributed by atoms with Gasteiger partial charge in [-0.15, -0.1) is 11.3 Å². The van der Waals surface area contributed by atoms with E-state index in [0.29, 0.717) is 19.5 Å². The molecule has 1 N–H and O–H groups in total. The Morgan fingerprint density at radius 1 is 1.40 bits per heavy atom. The van der Waals surface area contributed by atoms with Gasteiger partial charge < -0.3 is 10.2 Å². The SMILES string of the molecule is Cc1cc(CN2CCC(=O)NC(C(C)C)C2=O)sc1C. The largest absolute Gasteiger partial charge is 0.344 e. The van der Waals surface area contributed by atoms with Gasteiger partial charge >= 0.3 is 0 Å². The molecule has 5 heteroatoms. The molecule has 1 unspecified atom stereocenters. The molecular weight excluding hydrogens is 272 g/mol. The van der Waals surface area contributed by atoms with E-state index in [1.165, 1.54) is 15.3 Å². The Bertz CT molecular complexity index is 502. The van der Waals surface area contributed by atoms with Gasteiger partial charge in [0.15, 0.2) is 0 Å². The van der Waals surface area contributed by atoms with E-state index in [-0.39, 0.29) is 17.7 Å². The van der Waals surface area contributed by atoms with Crippen LogP contribution in [0.2, 0.25) is 0 Å². The second kappa shape index (κ2) is 5.95. The van der Waals surface area contributed by atoms with Gasteiger partial charge in [0.25, 0.3) is 0 Å². The fourth-order valence-corrected chi connectivity index (χ4v) is 3.44. The van der Waals surface area contributed by atoms with Crippen molar-refractivity contribution in [3.63, 3.8) is 0 Å². The third-order valence-corrected chi connectivity index (χ3v) is 4.87. The highest BCUT2D eigenvalue weighted by Crippen LogP contribution is 2.23. The number of nitrogens with zero attached hydrogens (tertiary/aromatic N) is 1. The van der Waals surface area contributed by atoms with Crippen molar-refractivity contribution in [1.29, 1.82) is 0 Å². The Hall–Kier alpha value is -1.36. The van der Waals surface area contributed by atoms with Gasteiger partial charge in [-0.05, 0) is 31.4 Å². The van der Waals surface area contributed by atoms with E-state index >= 15 is 0 Å². The Labute approximate surface area is 124 Å². The van der Waals surface area contributed by atoms with E-state index in [9.17, 15) is 9.59 Å². The zero-order chi connectivity index (χ0) is 14.9. The van der Waals surface area contributed by atoms with Crippen molar-refractivity contribution in [2.45, 2.75) is 46.7 Å². The number of carbonyl (C=O) groups excluding carboxylic acids is 2. The van der Waals surface area contributed by atoms with Crippen LogP contribution in [-0.2, 0) is 16.1 Å². The number of amides is 2. The highest BCUT2D eigenvalue weighted by Gasteiger charge is 2.31. The number of nitrogens with one attached hydrogen (secondary N) is 1. The molecule has 1 atom stereocenters. The number of hydrogen-bond donors (Lipinski definition) is 1. The molecule has 20 heavy (non-hydrogen) atoms. The van der Waals surface area contributed by atoms with Gasteiger partial charge in [-0.2, -0.15) is 0 Å². The molecule has 2 amide bonds. The zero-order valence-corrected chi connectivity index (χ0v) is 13.3. The van der Waals surface area contributed by atoms with Crippen molar-refractivity contribution >= 4 is 23.2 Å². The maximum Gasteiger partial charge on any atom is 0.245 e. The Balaban J connectivity index is 2.16. The standard InChI is InChI=1S/C15H22N2O2S/c1-9(2)14-15(19)17(6-5-13(18)16-14)8-12-7-10(3)11(4)20-12/h7,9,14H,5-6,8H2,1-4H3,(H,16,18). The van der Waals surface area contributed by atoms with Crippen LogP contribution in [-0.4, -0.2) is 29.3 Å². The normalized spacial score (nSPS) is 20.2. The van der Waals surface area contributed by atoms with Crippen LogP contribution in [0, 0.1) is 19.8 Å². The Morgan fingerprint density at radius 3 is 2.65 bits per heavy atom. The summed E-state index contributed by atoms with van der Waals surface area (Å²) in [5, 5.41) is 2.83. The van der Waals surface area contributed by atoms with E-state index < -0.39 is 6.04 Å². The van der Waals surface area contributed by atoms with Crippen LogP contribution in [0.3, 0.4) is 0 Å². The third kappa shape index (κ3) is 3.20. The van der Waals surface area contributed by atoms with E-state index in [1.54, 1.807) is 11.3 Å². The van der Waals surface area contributed by atoms with Gasteiger partial charge in [-0.1, -0.05) is 13.8 Å². The topological polar surface area (TPSA) is 49.4 Å². The van der Waals surface area contributed by atoms with Gasteiger partial charge in [0.05, 0.1) is 6.54 Å². The van der Waals surface area contributed by atoms with Crippen LogP contribution in [0.5, 0.6) is 0 Å². The number of rotatable bonds is 3. The molecule has 1 aromatic heterocycles. The average Bonchev–Trinajstić information content (AvgIpc) is 2.61. The fraction of sp³-hybridized carbons (Fsp3) is 0.600. The van der Waals surface area contributed by atoms with Crippen LogP contribution in [0.15, 0.2) is 6.07 Å². The average molecular weight is 294 g/mol. The lowest BCUT2D eigenvalue weighted by Crippen LogP contribution is -2.47.